The third kappa shape index (κ3) is 4.87. The molecule has 2 aromatic carbocycles. The van der Waals surface area contributed by atoms with E-state index in [-0.39, 0.29) is 41.4 Å². The van der Waals surface area contributed by atoms with Crippen molar-refractivity contribution in [2.75, 3.05) is 19.1 Å². The van der Waals surface area contributed by atoms with Crippen molar-refractivity contribution in [2.45, 2.75) is 58.9 Å². The minimum atomic E-state index is -1.32. The van der Waals surface area contributed by atoms with Crippen molar-refractivity contribution in [3.05, 3.63) is 64.2 Å². The van der Waals surface area contributed by atoms with Crippen LogP contribution in [0.2, 0.25) is 5.02 Å². The number of methoxy groups -OCH3 is 2. The number of fused-ring (bicyclic) bond motifs is 5. The Morgan fingerprint density at radius 1 is 0.981 bits per heavy atom. The Morgan fingerprint density at radius 2 is 1.66 bits per heavy atom. The lowest BCUT2D eigenvalue weighted by atomic mass is 9.51. The minimum Gasteiger partial charge on any atom is -0.502 e. The summed E-state index contributed by atoms with van der Waals surface area (Å²) in [7, 11) is 4.58. The number of benzene rings is 2. The van der Waals surface area contributed by atoms with Crippen LogP contribution in [0.3, 0.4) is 0 Å². The first-order valence-electron chi connectivity index (χ1n) is 17.7. The van der Waals surface area contributed by atoms with Crippen molar-refractivity contribution in [1.29, 1.82) is 0 Å². The Bertz CT molecular complexity index is 2300. The molecule has 2 aliphatic heterocycles. The number of phenolic OH excluding ortho intramolecular Hbond substituents is 1. The van der Waals surface area contributed by atoms with Gasteiger partial charge in [-0.15, -0.1) is 11.3 Å². The number of allylic oxidation sites excluding steroid dienone is 2. The lowest BCUT2D eigenvalue weighted by Gasteiger charge is -2.49. The molecule has 13 heteroatoms. The summed E-state index contributed by atoms with van der Waals surface area (Å²) in [4.78, 5) is 61.6. The van der Waals surface area contributed by atoms with Crippen LogP contribution in [-0.2, 0) is 26.2 Å². The molecule has 53 heavy (non-hydrogen) atoms. The molecule has 0 bridgehead atoms. The molecule has 4 aromatic rings. The number of ether oxygens (including phenoxy) is 2. The SMILES string of the molecule is COc1cc(C2C3=CCC4C(=O)N(C(C)(C)C)C(=O)C4C3CC3C(=O)N(c4cc(-c5sc6ccc(Cl)cc6c5C)nn4C)C(=O)C32C)cc(OC)c1O. The van der Waals surface area contributed by atoms with Gasteiger partial charge in [-0.3, -0.25) is 28.8 Å². The van der Waals surface area contributed by atoms with E-state index in [0.29, 0.717) is 28.5 Å². The number of halogens is 1. The van der Waals surface area contributed by atoms with E-state index in [0.717, 1.165) is 26.1 Å². The summed E-state index contributed by atoms with van der Waals surface area (Å²) in [5.74, 6) is -4.11. The number of phenols is 1. The predicted octanol–water partition coefficient (Wildman–Crippen LogP) is 7.02. The van der Waals surface area contributed by atoms with Crippen LogP contribution in [0.15, 0.2) is 48.0 Å². The van der Waals surface area contributed by atoms with E-state index in [2.05, 4.69) is 0 Å². The Kier molecular flexibility index (Phi) is 7.95. The van der Waals surface area contributed by atoms with Crippen molar-refractivity contribution in [3.8, 4) is 27.8 Å². The third-order valence-electron chi connectivity index (χ3n) is 12.0. The summed E-state index contributed by atoms with van der Waals surface area (Å²) < 4.78 is 13.7. The molecule has 8 rings (SSSR count). The number of imide groups is 2. The Balaban J connectivity index is 1.28. The van der Waals surface area contributed by atoms with Gasteiger partial charge in [0.05, 0.1) is 42.3 Å². The summed E-state index contributed by atoms with van der Waals surface area (Å²) >= 11 is 7.88. The van der Waals surface area contributed by atoms with E-state index in [4.69, 9.17) is 26.2 Å². The van der Waals surface area contributed by atoms with E-state index in [9.17, 15) is 19.5 Å². The van der Waals surface area contributed by atoms with E-state index in [1.807, 2.05) is 58.9 Å². The molecule has 4 aliphatic rings. The van der Waals surface area contributed by atoms with E-state index in [1.54, 1.807) is 41.3 Å². The molecule has 6 unspecified atom stereocenters. The fourth-order valence-electron chi connectivity index (χ4n) is 9.57. The van der Waals surface area contributed by atoms with Gasteiger partial charge in [-0.25, -0.2) is 4.90 Å². The molecule has 6 atom stereocenters. The van der Waals surface area contributed by atoms with Gasteiger partial charge in [-0.2, -0.15) is 5.10 Å². The van der Waals surface area contributed by atoms with Gasteiger partial charge in [0.25, 0.3) is 0 Å². The first kappa shape index (κ1) is 35.4. The van der Waals surface area contributed by atoms with Crippen LogP contribution in [0.5, 0.6) is 17.2 Å². The predicted molar refractivity (Wildman–Crippen MR) is 201 cm³/mol. The van der Waals surface area contributed by atoms with Crippen LogP contribution >= 0.6 is 22.9 Å². The quantitative estimate of drug-likeness (QED) is 0.170. The maximum Gasteiger partial charge on any atom is 0.242 e. The van der Waals surface area contributed by atoms with Crippen LogP contribution < -0.4 is 14.4 Å². The Hall–Kier alpha value is -4.68. The highest BCUT2D eigenvalue weighted by molar-refractivity contribution is 7.22. The number of amides is 4. The number of hydrogen-bond donors (Lipinski definition) is 1. The highest BCUT2D eigenvalue weighted by Crippen LogP contribution is 2.64. The van der Waals surface area contributed by atoms with Crippen LogP contribution in [0, 0.1) is 36.0 Å². The average Bonchev–Trinajstić information content (AvgIpc) is 3.78. The Morgan fingerprint density at radius 3 is 2.30 bits per heavy atom. The average molecular weight is 757 g/mol. The normalized spacial score (nSPS) is 27.0. The molecule has 0 spiro atoms. The Labute approximate surface area is 316 Å². The molecule has 2 aliphatic carbocycles. The van der Waals surface area contributed by atoms with Gasteiger partial charge < -0.3 is 14.6 Å². The molecule has 3 fully saturated rings. The molecule has 276 valence electrons. The molecule has 1 N–H and O–H groups in total. The first-order valence-corrected chi connectivity index (χ1v) is 18.9. The zero-order chi connectivity index (χ0) is 38.0. The van der Waals surface area contributed by atoms with Gasteiger partial charge >= 0.3 is 0 Å². The third-order valence-corrected chi connectivity index (χ3v) is 13.5. The zero-order valence-electron chi connectivity index (χ0n) is 30.8. The monoisotopic (exact) mass is 756 g/mol. The van der Waals surface area contributed by atoms with E-state index >= 15 is 4.79 Å². The van der Waals surface area contributed by atoms with Crippen molar-refractivity contribution in [2.24, 2.45) is 36.1 Å². The molecular formula is C40H41ClN4O7S. The fraction of sp³-hybridized carbons (Fsp3) is 0.425. The maximum absolute atomic E-state index is 15.2. The van der Waals surface area contributed by atoms with Gasteiger partial charge in [0.1, 0.15) is 11.5 Å². The number of aromatic hydroxyl groups is 1. The molecule has 1 saturated carbocycles. The molecular weight excluding hydrogens is 716 g/mol. The topological polar surface area (TPSA) is 131 Å². The summed E-state index contributed by atoms with van der Waals surface area (Å²) in [6, 6.07) is 10.9. The highest BCUT2D eigenvalue weighted by atomic mass is 35.5. The number of rotatable bonds is 5. The number of likely N-dealkylation sites (tertiary alicyclic amines) is 1. The van der Waals surface area contributed by atoms with E-state index < -0.39 is 46.5 Å². The summed E-state index contributed by atoms with van der Waals surface area (Å²) in [5.41, 5.74) is 1.000. The van der Waals surface area contributed by atoms with Crippen molar-refractivity contribution in [1.82, 2.24) is 14.7 Å². The molecule has 2 saturated heterocycles. The number of aryl methyl sites for hydroxylation is 2. The number of nitrogens with zero attached hydrogens (tertiary/aromatic N) is 4. The second-order valence-corrected chi connectivity index (χ2v) is 17.3. The number of carbonyl (C=O) groups excluding carboxylic acids is 4. The first-order chi connectivity index (χ1) is 25.0. The number of hydrogen-bond acceptors (Lipinski definition) is 9. The summed E-state index contributed by atoms with van der Waals surface area (Å²) in [6.07, 6.45) is 2.54. The molecule has 11 nitrogen and oxygen atoms in total. The second kappa shape index (κ2) is 11.9. The standard InChI is InChI=1S/C40H41ClN4O7S/c1-18-23-15-20(41)9-12-29(23)53-34(18)26-17-30(43(6)42-26)44-36(48)25-16-24-21(10-11-22-31(24)37(49)45(35(22)47)39(2,3)4)32(40(25,5)38(44)50)19-13-27(51-7)33(46)28(14-19)52-8/h9-10,12-15,17,22,24-25,31-32,46H,11,16H2,1-8H3. The number of thiophene rings is 1. The molecule has 4 heterocycles. The van der Waals surface area contributed by atoms with Crippen LogP contribution in [0.25, 0.3) is 20.7 Å². The molecule has 0 radical (unpaired) electrons. The molecule has 2 aromatic heterocycles. The van der Waals surface area contributed by atoms with Gasteiger partial charge in [0.15, 0.2) is 11.5 Å². The fourth-order valence-corrected chi connectivity index (χ4v) is 10.9. The van der Waals surface area contributed by atoms with Crippen LogP contribution in [0.4, 0.5) is 5.82 Å². The van der Waals surface area contributed by atoms with Crippen molar-refractivity contribution < 1.29 is 33.8 Å². The second-order valence-electron chi connectivity index (χ2n) is 15.8. The van der Waals surface area contributed by atoms with Gasteiger partial charge in [-0.05, 0) is 100 Å². The van der Waals surface area contributed by atoms with Crippen LogP contribution in [0.1, 0.15) is 57.6 Å². The smallest absolute Gasteiger partial charge is 0.242 e. The zero-order valence-corrected chi connectivity index (χ0v) is 32.4. The van der Waals surface area contributed by atoms with Crippen LogP contribution in [-0.4, -0.2) is 63.2 Å². The van der Waals surface area contributed by atoms with Gasteiger partial charge in [0, 0.05) is 34.3 Å². The van der Waals surface area contributed by atoms with Gasteiger partial charge in [0.2, 0.25) is 29.4 Å². The van der Waals surface area contributed by atoms with E-state index in [1.165, 1.54) is 24.0 Å². The maximum atomic E-state index is 15.2. The number of anilines is 1. The minimum absolute atomic E-state index is 0.145. The highest BCUT2D eigenvalue weighted by Gasteiger charge is 2.68. The lowest BCUT2D eigenvalue weighted by molar-refractivity contribution is -0.145. The van der Waals surface area contributed by atoms with Gasteiger partial charge in [-0.1, -0.05) is 23.3 Å². The summed E-state index contributed by atoms with van der Waals surface area (Å²) in [6.45, 7) is 9.36. The number of carbonyl (C=O) groups is 4. The van der Waals surface area contributed by atoms with Crippen molar-refractivity contribution in [3.63, 3.8) is 0 Å². The lowest BCUT2D eigenvalue weighted by Crippen LogP contribution is -2.49. The largest absolute Gasteiger partial charge is 0.502 e. The van der Waals surface area contributed by atoms with Crippen molar-refractivity contribution >= 4 is 62.5 Å². The number of aromatic nitrogens is 2. The summed E-state index contributed by atoms with van der Waals surface area (Å²) in [5, 5.41) is 17.3. The molecule has 4 amide bonds.